The fourth-order valence-electron chi connectivity index (χ4n) is 2.39. The zero-order valence-corrected chi connectivity index (χ0v) is 12.6. The summed E-state index contributed by atoms with van der Waals surface area (Å²) >= 11 is 1.93. The molecule has 1 fully saturated rings. The van der Waals surface area contributed by atoms with Gasteiger partial charge in [-0.1, -0.05) is 6.92 Å². The lowest BCUT2D eigenvalue weighted by molar-refractivity contribution is 0.0467. The van der Waals surface area contributed by atoms with Crippen LogP contribution in [0.3, 0.4) is 0 Å². The van der Waals surface area contributed by atoms with Gasteiger partial charge in [0.1, 0.15) is 0 Å². The average Bonchev–Trinajstić information content (AvgIpc) is 2.87. The van der Waals surface area contributed by atoms with Crippen LogP contribution in [0.1, 0.15) is 25.2 Å². The highest BCUT2D eigenvalue weighted by atomic mass is 32.2. The zero-order valence-electron chi connectivity index (χ0n) is 11.8. The molecule has 0 bridgehead atoms. The van der Waals surface area contributed by atoms with Crippen molar-refractivity contribution in [2.45, 2.75) is 45.4 Å². The fourth-order valence-corrected chi connectivity index (χ4v) is 3.33. The van der Waals surface area contributed by atoms with Crippen molar-refractivity contribution in [2.75, 3.05) is 18.1 Å². The summed E-state index contributed by atoms with van der Waals surface area (Å²) in [5.41, 5.74) is 5.30. The molecular weight excluding hydrogens is 260 g/mol. The Morgan fingerprint density at radius 3 is 3.05 bits per heavy atom. The summed E-state index contributed by atoms with van der Waals surface area (Å²) in [5, 5.41) is 4.58. The lowest BCUT2D eigenvalue weighted by atomic mass is 10.1. The largest absolute Gasteiger partial charge is 0.375 e. The van der Waals surface area contributed by atoms with Crippen LogP contribution in [-0.4, -0.2) is 40.0 Å². The monoisotopic (exact) mass is 284 g/mol. The number of hydrazine groups is 1. The second-order valence-electron chi connectivity index (χ2n) is 4.76. The molecule has 2 rings (SSSR count). The van der Waals surface area contributed by atoms with Gasteiger partial charge >= 0.3 is 0 Å². The molecule has 1 aromatic rings. The minimum atomic E-state index is 0.152. The molecular formula is C13H24N4OS. The van der Waals surface area contributed by atoms with E-state index < -0.39 is 0 Å². The van der Waals surface area contributed by atoms with E-state index in [4.69, 9.17) is 10.6 Å². The van der Waals surface area contributed by atoms with Crippen LogP contribution in [-0.2, 0) is 24.1 Å². The first-order valence-electron chi connectivity index (χ1n) is 6.99. The Hall–Kier alpha value is -0.560. The van der Waals surface area contributed by atoms with Crippen LogP contribution >= 0.6 is 11.8 Å². The van der Waals surface area contributed by atoms with Crippen molar-refractivity contribution in [2.24, 2.45) is 5.84 Å². The van der Waals surface area contributed by atoms with Crippen molar-refractivity contribution in [1.82, 2.24) is 15.2 Å². The van der Waals surface area contributed by atoms with Gasteiger partial charge in [-0.05, 0) is 19.4 Å². The molecule has 0 saturated carbocycles. The summed E-state index contributed by atoms with van der Waals surface area (Å²) in [6, 6.07) is 2.34. The van der Waals surface area contributed by atoms with E-state index in [9.17, 15) is 0 Å². The van der Waals surface area contributed by atoms with Crippen LogP contribution in [0.25, 0.3) is 0 Å². The van der Waals surface area contributed by atoms with Crippen LogP contribution in [0, 0.1) is 0 Å². The Morgan fingerprint density at radius 2 is 2.47 bits per heavy atom. The Kier molecular flexibility index (Phi) is 5.69. The molecule has 0 radical (unpaired) electrons. The minimum absolute atomic E-state index is 0.152. The third-order valence-corrected chi connectivity index (χ3v) is 4.53. The maximum Gasteiger partial charge on any atom is 0.0835 e. The first-order valence-corrected chi connectivity index (χ1v) is 8.15. The summed E-state index contributed by atoms with van der Waals surface area (Å²) in [4.78, 5) is 0. The number of aryl methyl sites for hydroxylation is 2. The third kappa shape index (κ3) is 3.72. The number of nitrogens with zero attached hydrogens (tertiary/aromatic N) is 2. The van der Waals surface area contributed by atoms with Gasteiger partial charge in [0.05, 0.1) is 24.4 Å². The number of hydrogen-bond acceptors (Lipinski definition) is 5. The average molecular weight is 284 g/mol. The van der Waals surface area contributed by atoms with Gasteiger partial charge in [-0.25, -0.2) is 0 Å². The Morgan fingerprint density at radius 1 is 1.63 bits per heavy atom. The van der Waals surface area contributed by atoms with E-state index in [0.29, 0.717) is 0 Å². The SMILES string of the molecule is CCc1cc(CC(NN)C2CSCCO2)n(CC)n1. The first kappa shape index (κ1) is 14.8. The van der Waals surface area contributed by atoms with Crippen molar-refractivity contribution in [3.05, 3.63) is 17.5 Å². The van der Waals surface area contributed by atoms with E-state index in [1.807, 2.05) is 11.8 Å². The maximum atomic E-state index is 5.82. The number of thioether (sulfide) groups is 1. The van der Waals surface area contributed by atoms with Crippen LogP contribution in [0.15, 0.2) is 6.07 Å². The van der Waals surface area contributed by atoms with Crippen molar-refractivity contribution < 1.29 is 4.74 Å². The zero-order chi connectivity index (χ0) is 13.7. The number of aromatic nitrogens is 2. The van der Waals surface area contributed by atoms with Crippen LogP contribution < -0.4 is 11.3 Å². The summed E-state index contributed by atoms with van der Waals surface area (Å²) in [6.07, 6.45) is 2.02. The summed E-state index contributed by atoms with van der Waals surface area (Å²) in [5.74, 6) is 7.81. The molecule has 3 N–H and O–H groups in total. The molecule has 0 aliphatic carbocycles. The molecule has 5 nitrogen and oxygen atoms in total. The summed E-state index contributed by atoms with van der Waals surface area (Å²) in [6.45, 7) is 5.97. The second kappa shape index (κ2) is 7.28. The number of hydrogen-bond donors (Lipinski definition) is 2. The van der Waals surface area contributed by atoms with E-state index >= 15 is 0 Å². The van der Waals surface area contributed by atoms with Crippen LogP contribution in [0.2, 0.25) is 0 Å². The highest BCUT2D eigenvalue weighted by Crippen LogP contribution is 2.18. The van der Waals surface area contributed by atoms with Crippen LogP contribution in [0.5, 0.6) is 0 Å². The quantitative estimate of drug-likeness (QED) is 0.602. The molecule has 19 heavy (non-hydrogen) atoms. The van der Waals surface area contributed by atoms with Crippen LogP contribution in [0.4, 0.5) is 0 Å². The van der Waals surface area contributed by atoms with Gasteiger partial charge in [0.25, 0.3) is 0 Å². The standard InChI is InChI=1S/C13H24N4OS/c1-3-10-7-11(17(4-2)16-10)8-12(15-14)13-9-19-6-5-18-13/h7,12-13,15H,3-6,8-9,14H2,1-2H3. The maximum absolute atomic E-state index is 5.82. The number of ether oxygens (including phenoxy) is 1. The molecule has 108 valence electrons. The molecule has 1 aromatic heterocycles. The van der Waals surface area contributed by atoms with Crippen molar-refractivity contribution in [1.29, 1.82) is 0 Å². The van der Waals surface area contributed by atoms with E-state index in [-0.39, 0.29) is 12.1 Å². The van der Waals surface area contributed by atoms with Crippen molar-refractivity contribution >= 4 is 11.8 Å². The van der Waals surface area contributed by atoms with Crippen molar-refractivity contribution in [3.8, 4) is 0 Å². The predicted molar refractivity (Wildman–Crippen MR) is 79.2 cm³/mol. The van der Waals surface area contributed by atoms with Crippen molar-refractivity contribution in [3.63, 3.8) is 0 Å². The highest BCUT2D eigenvalue weighted by Gasteiger charge is 2.25. The molecule has 0 spiro atoms. The van der Waals surface area contributed by atoms with Gasteiger partial charge in [-0.2, -0.15) is 16.9 Å². The minimum Gasteiger partial charge on any atom is -0.375 e. The predicted octanol–water partition coefficient (Wildman–Crippen LogP) is 0.972. The van der Waals surface area contributed by atoms with Gasteiger partial charge in [0.15, 0.2) is 0 Å². The van der Waals surface area contributed by atoms with Gasteiger partial charge in [0.2, 0.25) is 0 Å². The van der Waals surface area contributed by atoms with E-state index in [1.54, 1.807) is 0 Å². The Labute approximate surface area is 119 Å². The normalized spacial score (nSPS) is 21.5. The Balaban J connectivity index is 2.06. The first-order chi connectivity index (χ1) is 9.28. The molecule has 1 aliphatic rings. The summed E-state index contributed by atoms with van der Waals surface area (Å²) in [7, 11) is 0. The summed E-state index contributed by atoms with van der Waals surface area (Å²) < 4.78 is 7.89. The number of nitrogens with two attached hydrogens (primary N) is 1. The molecule has 2 atom stereocenters. The molecule has 2 heterocycles. The van der Waals surface area contributed by atoms with Gasteiger partial charge < -0.3 is 4.74 Å². The van der Waals surface area contributed by atoms with Gasteiger partial charge in [0, 0.05) is 30.2 Å². The highest BCUT2D eigenvalue weighted by molar-refractivity contribution is 7.99. The molecule has 2 unspecified atom stereocenters. The molecule has 6 heteroatoms. The molecule has 0 amide bonds. The smallest absolute Gasteiger partial charge is 0.0835 e. The second-order valence-corrected chi connectivity index (χ2v) is 5.91. The third-order valence-electron chi connectivity index (χ3n) is 3.51. The Bertz CT molecular complexity index is 390. The van der Waals surface area contributed by atoms with E-state index in [0.717, 1.165) is 43.2 Å². The van der Waals surface area contributed by atoms with E-state index in [1.165, 1.54) is 5.69 Å². The fraction of sp³-hybridized carbons (Fsp3) is 0.769. The molecule has 1 saturated heterocycles. The topological polar surface area (TPSA) is 65.1 Å². The molecule has 0 aromatic carbocycles. The molecule has 1 aliphatic heterocycles. The lowest BCUT2D eigenvalue weighted by Crippen LogP contribution is -2.49. The van der Waals surface area contributed by atoms with Gasteiger partial charge in [-0.3, -0.25) is 16.0 Å². The lowest BCUT2D eigenvalue weighted by Gasteiger charge is -2.29. The van der Waals surface area contributed by atoms with E-state index in [2.05, 4.69) is 35.1 Å². The number of rotatable bonds is 6. The number of nitrogens with one attached hydrogen (secondary N) is 1. The van der Waals surface area contributed by atoms with Gasteiger partial charge in [-0.15, -0.1) is 0 Å².